The molecule has 0 aliphatic heterocycles. The molecule has 2 heteroatoms. The van der Waals surface area contributed by atoms with Crippen molar-refractivity contribution in [3.63, 3.8) is 0 Å². The van der Waals surface area contributed by atoms with Crippen LogP contribution in [0.3, 0.4) is 0 Å². The molecule has 0 fully saturated rings. The van der Waals surface area contributed by atoms with E-state index >= 15 is 0 Å². The first-order valence-electron chi connectivity index (χ1n) is 7.82. The normalized spacial score (nSPS) is 11.5. The van der Waals surface area contributed by atoms with Gasteiger partial charge in [-0.05, 0) is 5.67 Å². The van der Waals surface area contributed by atoms with Crippen molar-refractivity contribution in [3.8, 4) is 0 Å². The van der Waals surface area contributed by atoms with Gasteiger partial charge in [-0.2, -0.15) is 0 Å². The zero-order valence-corrected chi connectivity index (χ0v) is 15.6. The van der Waals surface area contributed by atoms with Crippen LogP contribution in [0.5, 0.6) is 0 Å². The van der Waals surface area contributed by atoms with Gasteiger partial charge in [-0.3, -0.25) is 0 Å². The summed E-state index contributed by atoms with van der Waals surface area (Å²) >= 11 is 0. The summed E-state index contributed by atoms with van der Waals surface area (Å²) in [5, 5.41) is 2.70. The highest BCUT2D eigenvalue weighted by molar-refractivity contribution is 7.15. The van der Waals surface area contributed by atoms with E-state index in [1.807, 2.05) is 0 Å². The summed E-state index contributed by atoms with van der Waals surface area (Å²) < 4.78 is 0. The molecule has 0 saturated heterocycles. The minimum atomic E-state index is -2.03. The molecule has 0 spiro atoms. The maximum Gasteiger partial charge on any atom is 0.131 e. The van der Waals surface area contributed by atoms with Crippen LogP contribution in [0.25, 0.3) is 0 Å². The van der Waals surface area contributed by atoms with E-state index < -0.39 is 16.1 Å². The Morgan fingerprint density at radius 3 is 1.13 bits per heavy atom. The van der Waals surface area contributed by atoms with Crippen LogP contribution in [0.2, 0.25) is 5.67 Å². The summed E-state index contributed by atoms with van der Waals surface area (Å²) in [5.41, 5.74) is 9.62. The highest BCUT2D eigenvalue weighted by Gasteiger charge is 2.40. The molecule has 0 aliphatic carbocycles. The number of rotatable bonds is 8. The molecule has 0 nitrogen and oxygen atoms in total. The van der Waals surface area contributed by atoms with Gasteiger partial charge in [-0.1, -0.05) is 93.8 Å². The highest BCUT2D eigenvalue weighted by atomic mass is 28.4. The fourth-order valence-corrected chi connectivity index (χ4v) is 13.8. The molecule has 0 saturated carbocycles. The van der Waals surface area contributed by atoms with Gasteiger partial charge in [0.1, 0.15) is 16.1 Å². The molecule has 0 atom stereocenters. The zero-order valence-electron chi connectivity index (χ0n) is 13.6. The minimum Gasteiger partial charge on any atom is -0.106 e. The maximum absolute atomic E-state index is 4.17. The second kappa shape index (κ2) is 7.40. The maximum atomic E-state index is 4.17. The molecule has 0 unspecified atom stereocenters. The van der Waals surface area contributed by atoms with Gasteiger partial charge in [-0.25, -0.2) is 0 Å². The molecule has 0 N–H and O–H groups in total. The fourth-order valence-electron chi connectivity index (χ4n) is 3.11. The van der Waals surface area contributed by atoms with Crippen molar-refractivity contribution < 1.29 is 0 Å². The zero-order chi connectivity index (χ0) is 16.8. The Balaban J connectivity index is 2.57. The summed E-state index contributed by atoms with van der Waals surface area (Å²) in [6.45, 7) is 16.7. The van der Waals surface area contributed by atoms with Crippen LogP contribution in [0, 0.1) is 0 Å². The molecule has 0 aliphatic rings. The van der Waals surface area contributed by atoms with Crippen molar-refractivity contribution in [1.82, 2.24) is 0 Å². The van der Waals surface area contributed by atoms with Gasteiger partial charge in [0.05, 0.1) is 0 Å². The second-order valence-electron chi connectivity index (χ2n) is 5.81. The van der Waals surface area contributed by atoms with E-state index in [-0.39, 0.29) is 0 Å². The summed E-state index contributed by atoms with van der Waals surface area (Å²) in [4.78, 5) is 0. The van der Waals surface area contributed by atoms with Crippen molar-refractivity contribution in [2.45, 2.75) is 5.67 Å². The molecule has 0 radical (unpaired) electrons. The summed E-state index contributed by atoms with van der Waals surface area (Å²) in [6.07, 6.45) is 0. The van der Waals surface area contributed by atoms with E-state index in [0.29, 0.717) is 0 Å². The summed E-state index contributed by atoms with van der Waals surface area (Å²) in [6, 6.07) is 21.3. The molecule has 0 heterocycles. The average Bonchev–Trinajstić information content (AvgIpc) is 2.65. The Morgan fingerprint density at radius 1 is 0.565 bits per heavy atom. The molecule has 0 amide bonds. The van der Waals surface area contributed by atoms with E-state index in [9.17, 15) is 0 Å². The number of hydrogen-bond acceptors (Lipinski definition) is 0. The van der Waals surface area contributed by atoms with Crippen LogP contribution in [0.15, 0.2) is 110 Å². The quantitative estimate of drug-likeness (QED) is 0.637. The molecule has 2 aromatic carbocycles. The van der Waals surface area contributed by atoms with Crippen molar-refractivity contribution in [2.75, 3.05) is 0 Å². The Morgan fingerprint density at radius 2 is 0.870 bits per heavy atom. The first-order valence-corrected chi connectivity index (χ1v) is 12.5. The lowest BCUT2D eigenvalue weighted by Gasteiger charge is -2.35. The smallest absolute Gasteiger partial charge is 0.106 e. The molecular weight excluding hydrogens is 308 g/mol. The molecule has 0 aromatic heterocycles. The lowest BCUT2D eigenvalue weighted by atomic mass is 10.4. The van der Waals surface area contributed by atoms with E-state index in [2.05, 4.69) is 110 Å². The first-order chi connectivity index (χ1) is 11.2. The van der Waals surface area contributed by atoms with Gasteiger partial charge >= 0.3 is 0 Å². The predicted molar refractivity (Wildman–Crippen MR) is 109 cm³/mol. The Bertz CT molecular complexity index is 609. The van der Waals surface area contributed by atoms with Gasteiger partial charge in [-0.15, -0.1) is 26.3 Å². The molecule has 116 valence electrons. The van der Waals surface area contributed by atoms with E-state index in [1.54, 1.807) is 0 Å². The van der Waals surface area contributed by atoms with E-state index in [0.717, 1.165) is 5.67 Å². The number of benzene rings is 2. The minimum absolute atomic E-state index is 1.04. The highest BCUT2D eigenvalue weighted by Crippen LogP contribution is 2.24. The monoisotopic (exact) mass is 332 g/mol. The average molecular weight is 333 g/mol. The largest absolute Gasteiger partial charge is 0.131 e. The summed E-state index contributed by atoms with van der Waals surface area (Å²) in [7, 11) is -4.07. The molecule has 2 aromatic rings. The van der Waals surface area contributed by atoms with E-state index in [1.165, 1.54) is 10.4 Å². The Hall–Kier alpha value is -2.17. The van der Waals surface area contributed by atoms with Crippen LogP contribution in [-0.2, 0) is 0 Å². The lowest BCUT2D eigenvalue weighted by molar-refractivity contribution is 1.64. The van der Waals surface area contributed by atoms with Crippen molar-refractivity contribution in [2.24, 2.45) is 0 Å². The lowest BCUT2D eigenvalue weighted by Crippen LogP contribution is -2.57. The summed E-state index contributed by atoms with van der Waals surface area (Å²) in [5.74, 6) is 0. The van der Waals surface area contributed by atoms with Crippen molar-refractivity contribution in [3.05, 3.63) is 110 Å². The first kappa shape index (κ1) is 17.2. The second-order valence-corrected chi connectivity index (χ2v) is 14.2. The molecule has 0 bridgehead atoms. The van der Waals surface area contributed by atoms with Gasteiger partial charge in [0.15, 0.2) is 0 Å². The third-order valence-corrected chi connectivity index (χ3v) is 15.1. The third-order valence-electron chi connectivity index (χ3n) is 4.66. The van der Waals surface area contributed by atoms with Crippen LogP contribution >= 0.6 is 0 Å². The van der Waals surface area contributed by atoms with Crippen molar-refractivity contribution in [1.29, 1.82) is 0 Å². The van der Waals surface area contributed by atoms with Crippen molar-refractivity contribution >= 4 is 26.5 Å². The van der Waals surface area contributed by atoms with Crippen LogP contribution in [-0.4, -0.2) is 16.1 Å². The number of hydrogen-bond donors (Lipinski definition) is 0. The van der Waals surface area contributed by atoms with Crippen LogP contribution in [0.4, 0.5) is 0 Å². The van der Waals surface area contributed by atoms with Gasteiger partial charge < -0.3 is 0 Å². The Kier molecular flexibility index (Phi) is 5.53. The molecular formula is C21H24Si2. The predicted octanol–water partition coefficient (Wildman–Crippen LogP) is 4.14. The topological polar surface area (TPSA) is 0 Å². The molecule has 2 rings (SSSR count). The van der Waals surface area contributed by atoms with Gasteiger partial charge in [0, 0.05) is 0 Å². The van der Waals surface area contributed by atoms with Gasteiger partial charge in [0.25, 0.3) is 0 Å². The van der Waals surface area contributed by atoms with Crippen LogP contribution < -0.4 is 10.4 Å². The fraction of sp³-hybridized carbons (Fsp3) is 0.0476. The third kappa shape index (κ3) is 3.28. The van der Waals surface area contributed by atoms with Crippen LogP contribution in [0.1, 0.15) is 0 Å². The SMILES string of the molecule is C=C[Si](C=C)(C[Si](C=C)(C=C)c1ccccc1)c1ccccc1. The standard InChI is InChI=1S/C21H24Si2/c1-5-22(6-2,20-15-11-9-12-16-20)19-23(7-3,8-4)21-17-13-10-14-18-21/h5-18H,1-4,19H2. The Labute approximate surface area is 142 Å². The van der Waals surface area contributed by atoms with E-state index in [4.69, 9.17) is 0 Å². The van der Waals surface area contributed by atoms with Gasteiger partial charge in [0.2, 0.25) is 0 Å². The molecule has 23 heavy (non-hydrogen) atoms.